The third-order valence-corrected chi connectivity index (χ3v) is 5.68. The molecule has 32 heavy (non-hydrogen) atoms. The molecule has 0 bridgehead atoms. The minimum atomic E-state index is -0.0112. The number of fused-ring (bicyclic) bond motifs is 1. The van der Waals surface area contributed by atoms with Crippen molar-refractivity contribution in [1.29, 1.82) is 0 Å². The highest BCUT2D eigenvalue weighted by Crippen LogP contribution is 2.43. The average molecular weight is 449 g/mol. The van der Waals surface area contributed by atoms with Crippen LogP contribution in [-0.2, 0) is 22.3 Å². The molecule has 0 fully saturated rings. The van der Waals surface area contributed by atoms with E-state index in [9.17, 15) is 5.11 Å². The van der Waals surface area contributed by atoms with E-state index in [-0.39, 0.29) is 24.4 Å². The molecule has 0 unspecified atom stereocenters. The van der Waals surface area contributed by atoms with Crippen LogP contribution in [0.5, 0.6) is 34.5 Å². The van der Waals surface area contributed by atoms with Crippen molar-refractivity contribution >= 4 is 0 Å². The SMILES string of the molecule is COC[C@H](Cc1cc(OC)c(O)c(OC)c1)[C@@H](COC)Cc1cc(OC)c2c(c1)OCO2. The summed E-state index contributed by atoms with van der Waals surface area (Å²) in [6.07, 6.45) is 1.43. The van der Waals surface area contributed by atoms with E-state index in [1.54, 1.807) is 21.3 Å². The Labute approximate surface area is 188 Å². The Kier molecular flexibility index (Phi) is 8.30. The van der Waals surface area contributed by atoms with Crippen molar-refractivity contribution in [3.05, 3.63) is 35.4 Å². The zero-order chi connectivity index (χ0) is 23.1. The highest BCUT2D eigenvalue weighted by atomic mass is 16.7. The van der Waals surface area contributed by atoms with E-state index in [1.165, 1.54) is 14.2 Å². The summed E-state index contributed by atoms with van der Waals surface area (Å²) in [5, 5.41) is 10.2. The molecule has 0 spiro atoms. The predicted molar refractivity (Wildman–Crippen MR) is 118 cm³/mol. The van der Waals surface area contributed by atoms with Gasteiger partial charge in [-0.1, -0.05) is 0 Å². The van der Waals surface area contributed by atoms with E-state index in [1.807, 2.05) is 24.3 Å². The van der Waals surface area contributed by atoms with Crippen LogP contribution >= 0.6 is 0 Å². The van der Waals surface area contributed by atoms with Gasteiger partial charge in [0.25, 0.3) is 0 Å². The topological polar surface area (TPSA) is 84.8 Å². The van der Waals surface area contributed by atoms with Crippen molar-refractivity contribution in [1.82, 2.24) is 0 Å². The van der Waals surface area contributed by atoms with Gasteiger partial charge in [0.1, 0.15) is 0 Å². The lowest BCUT2D eigenvalue weighted by atomic mass is 9.83. The highest BCUT2D eigenvalue weighted by Gasteiger charge is 2.26. The number of benzene rings is 2. The molecule has 2 aromatic carbocycles. The number of ether oxygens (including phenoxy) is 7. The van der Waals surface area contributed by atoms with Gasteiger partial charge in [0.05, 0.1) is 21.3 Å². The van der Waals surface area contributed by atoms with Crippen LogP contribution < -0.4 is 23.7 Å². The second-order valence-electron chi connectivity index (χ2n) is 7.72. The first-order chi connectivity index (χ1) is 15.5. The summed E-state index contributed by atoms with van der Waals surface area (Å²) < 4.78 is 38.3. The van der Waals surface area contributed by atoms with Crippen molar-refractivity contribution in [2.45, 2.75) is 12.8 Å². The quantitative estimate of drug-likeness (QED) is 0.529. The Balaban J connectivity index is 1.87. The van der Waals surface area contributed by atoms with E-state index in [0.717, 1.165) is 17.5 Å². The second kappa shape index (κ2) is 11.2. The average Bonchev–Trinajstić information content (AvgIpc) is 3.27. The first-order valence-electron chi connectivity index (χ1n) is 10.4. The first kappa shape index (κ1) is 23.8. The van der Waals surface area contributed by atoms with Crippen molar-refractivity contribution in [3.63, 3.8) is 0 Å². The van der Waals surface area contributed by atoms with E-state index in [0.29, 0.717) is 48.4 Å². The summed E-state index contributed by atoms with van der Waals surface area (Å²) in [6, 6.07) is 7.62. The van der Waals surface area contributed by atoms with Crippen molar-refractivity contribution in [2.24, 2.45) is 11.8 Å². The minimum Gasteiger partial charge on any atom is -0.502 e. The van der Waals surface area contributed by atoms with Gasteiger partial charge >= 0.3 is 0 Å². The first-order valence-corrected chi connectivity index (χ1v) is 10.4. The number of hydrogen-bond acceptors (Lipinski definition) is 8. The third-order valence-electron chi connectivity index (χ3n) is 5.68. The summed E-state index contributed by atoms with van der Waals surface area (Å²) in [5.41, 5.74) is 2.04. The summed E-state index contributed by atoms with van der Waals surface area (Å²) in [5.74, 6) is 3.00. The molecule has 3 rings (SSSR count). The molecule has 8 heteroatoms. The van der Waals surface area contributed by atoms with Gasteiger partial charge in [-0.25, -0.2) is 0 Å². The fraction of sp³-hybridized carbons (Fsp3) is 0.500. The van der Waals surface area contributed by atoms with Crippen LogP contribution in [0, 0.1) is 11.8 Å². The lowest BCUT2D eigenvalue weighted by molar-refractivity contribution is 0.0696. The normalized spacial score (nSPS) is 14.2. The molecule has 1 aliphatic heterocycles. The molecule has 8 nitrogen and oxygen atoms in total. The molecule has 1 N–H and O–H groups in total. The Morgan fingerprint density at radius 3 is 1.75 bits per heavy atom. The van der Waals surface area contributed by atoms with E-state index < -0.39 is 0 Å². The zero-order valence-corrected chi connectivity index (χ0v) is 19.3. The molecule has 0 saturated heterocycles. The van der Waals surface area contributed by atoms with Gasteiger partial charge in [-0.3, -0.25) is 0 Å². The minimum absolute atomic E-state index is 0.0112. The summed E-state index contributed by atoms with van der Waals surface area (Å²) in [7, 11) is 8.05. The second-order valence-corrected chi connectivity index (χ2v) is 7.72. The van der Waals surface area contributed by atoms with Crippen LogP contribution in [0.25, 0.3) is 0 Å². The lowest BCUT2D eigenvalue weighted by Crippen LogP contribution is -2.27. The molecule has 0 amide bonds. The molecular formula is C24H32O8. The number of aromatic hydroxyl groups is 1. The van der Waals surface area contributed by atoms with Crippen molar-refractivity contribution in [3.8, 4) is 34.5 Å². The lowest BCUT2D eigenvalue weighted by Gasteiger charge is -2.27. The maximum Gasteiger partial charge on any atom is 0.231 e. The molecule has 2 atom stereocenters. The summed E-state index contributed by atoms with van der Waals surface area (Å²) in [4.78, 5) is 0. The molecule has 2 aromatic rings. The Morgan fingerprint density at radius 2 is 1.25 bits per heavy atom. The Bertz CT molecular complexity index is 848. The van der Waals surface area contributed by atoms with E-state index in [4.69, 9.17) is 33.2 Å². The van der Waals surface area contributed by atoms with Gasteiger partial charge in [0, 0.05) is 27.4 Å². The molecule has 1 aliphatic rings. The van der Waals surface area contributed by atoms with Crippen LogP contribution in [0.3, 0.4) is 0 Å². The van der Waals surface area contributed by atoms with E-state index in [2.05, 4.69) is 0 Å². The largest absolute Gasteiger partial charge is 0.502 e. The summed E-state index contributed by atoms with van der Waals surface area (Å²) >= 11 is 0. The molecule has 0 saturated carbocycles. The third kappa shape index (κ3) is 5.31. The zero-order valence-electron chi connectivity index (χ0n) is 19.3. The number of phenolic OH excluding ortho intramolecular Hbond substituents is 1. The molecule has 0 aliphatic carbocycles. The van der Waals surface area contributed by atoms with Gasteiger partial charge in [-0.2, -0.15) is 0 Å². The predicted octanol–water partition coefficient (Wildman–Crippen LogP) is 3.46. The Morgan fingerprint density at radius 1 is 0.750 bits per heavy atom. The number of methoxy groups -OCH3 is 5. The molecule has 0 aromatic heterocycles. The van der Waals surface area contributed by atoms with Gasteiger partial charge in [-0.15, -0.1) is 0 Å². The smallest absolute Gasteiger partial charge is 0.231 e. The number of rotatable bonds is 12. The number of phenols is 1. The molecule has 0 radical (unpaired) electrons. The van der Waals surface area contributed by atoms with Crippen LogP contribution in [0.15, 0.2) is 24.3 Å². The highest BCUT2D eigenvalue weighted by molar-refractivity contribution is 5.55. The standard InChI is InChI=1S/C24H32O8/c1-26-12-17(6-15-8-19(28-3)23(25)20(9-15)29-4)18(13-27-2)7-16-10-21(30-5)24-22(11-16)31-14-32-24/h8-11,17-18,25H,6-7,12-14H2,1-5H3/t17-,18+/m0/s1. The number of hydrogen-bond donors (Lipinski definition) is 1. The molecule has 1 heterocycles. The monoisotopic (exact) mass is 448 g/mol. The maximum absolute atomic E-state index is 10.2. The molecule has 176 valence electrons. The van der Waals surface area contributed by atoms with Gasteiger partial charge in [-0.05, 0) is 60.1 Å². The summed E-state index contributed by atoms with van der Waals surface area (Å²) in [6.45, 7) is 1.28. The van der Waals surface area contributed by atoms with Crippen LogP contribution in [0.1, 0.15) is 11.1 Å². The fourth-order valence-corrected chi connectivity index (χ4v) is 4.12. The van der Waals surface area contributed by atoms with E-state index >= 15 is 0 Å². The Hall–Kier alpha value is -2.84. The van der Waals surface area contributed by atoms with Gasteiger partial charge < -0.3 is 38.3 Å². The van der Waals surface area contributed by atoms with Crippen molar-refractivity contribution < 1.29 is 38.3 Å². The molecular weight excluding hydrogens is 416 g/mol. The van der Waals surface area contributed by atoms with Crippen LogP contribution in [-0.4, -0.2) is 60.7 Å². The van der Waals surface area contributed by atoms with Crippen molar-refractivity contribution in [2.75, 3.05) is 55.6 Å². The fourth-order valence-electron chi connectivity index (χ4n) is 4.12. The van der Waals surface area contributed by atoms with Crippen LogP contribution in [0.4, 0.5) is 0 Å². The van der Waals surface area contributed by atoms with Gasteiger partial charge in [0.2, 0.25) is 18.3 Å². The van der Waals surface area contributed by atoms with Crippen LogP contribution in [0.2, 0.25) is 0 Å². The van der Waals surface area contributed by atoms with Gasteiger partial charge in [0.15, 0.2) is 23.0 Å². The maximum atomic E-state index is 10.2.